The molecule has 0 aromatic heterocycles. The molecule has 0 spiro atoms. The second kappa shape index (κ2) is 8.05. The van der Waals surface area contributed by atoms with Crippen LogP contribution in [0.25, 0.3) is 0 Å². The number of unbranched alkanes of at least 4 members (excludes halogenated alkanes) is 1. The predicted molar refractivity (Wildman–Crippen MR) is 82.1 cm³/mol. The summed E-state index contributed by atoms with van der Waals surface area (Å²) in [6.45, 7) is 6.91. The number of anilines is 1. The molecule has 0 fully saturated rings. The van der Waals surface area contributed by atoms with Gasteiger partial charge < -0.3 is 10.6 Å². The number of nitrogens with one attached hydrogen (secondary N) is 2. The van der Waals surface area contributed by atoms with Gasteiger partial charge in [0.2, 0.25) is 0 Å². The Hall–Kier alpha value is -1.22. The number of urea groups is 1. The monoisotopic (exact) mass is 282 g/mol. The topological polar surface area (TPSA) is 41.1 Å². The van der Waals surface area contributed by atoms with E-state index < -0.39 is 0 Å². The first-order valence-corrected chi connectivity index (χ1v) is 7.36. The molecule has 0 saturated heterocycles. The van der Waals surface area contributed by atoms with Crippen molar-refractivity contribution in [3.05, 3.63) is 28.3 Å². The Kier molecular flexibility index (Phi) is 6.71. The lowest BCUT2D eigenvalue weighted by Gasteiger charge is -2.16. The highest BCUT2D eigenvalue weighted by Crippen LogP contribution is 2.29. The van der Waals surface area contributed by atoms with E-state index in [-0.39, 0.29) is 6.03 Å². The summed E-state index contributed by atoms with van der Waals surface area (Å²) in [4.78, 5) is 11.9. The van der Waals surface area contributed by atoms with Crippen LogP contribution < -0.4 is 10.6 Å². The van der Waals surface area contributed by atoms with E-state index in [0.717, 1.165) is 42.5 Å². The number of hydrogen-bond acceptors (Lipinski definition) is 1. The highest BCUT2D eigenvalue weighted by molar-refractivity contribution is 6.31. The highest BCUT2D eigenvalue weighted by Gasteiger charge is 2.12. The molecule has 0 radical (unpaired) electrons. The van der Waals surface area contributed by atoms with E-state index in [4.69, 9.17) is 11.6 Å². The van der Waals surface area contributed by atoms with Gasteiger partial charge in [-0.3, -0.25) is 0 Å². The van der Waals surface area contributed by atoms with Crippen molar-refractivity contribution in [1.82, 2.24) is 5.32 Å². The fourth-order valence-electron chi connectivity index (χ4n) is 2.00. The molecule has 0 aliphatic heterocycles. The maximum absolute atomic E-state index is 11.9. The van der Waals surface area contributed by atoms with E-state index in [1.807, 2.05) is 19.1 Å². The van der Waals surface area contributed by atoms with E-state index in [9.17, 15) is 4.79 Å². The van der Waals surface area contributed by atoms with Crippen LogP contribution >= 0.6 is 11.6 Å². The van der Waals surface area contributed by atoms with Crippen LogP contribution in [0.4, 0.5) is 10.5 Å². The van der Waals surface area contributed by atoms with E-state index in [1.165, 1.54) is 0 Å². The summed E-state index contributed by atoms with van der Waals surface area (Å²) >= 11 is 6.20. The molecular weight excluding hydrogens is 260 g/mol. The molecule has 1 rings (SSSR count). The van der Waals surface area contributed by atoms with Crippen molar-refractivity contribution >= 4 is 23.3 Å². The Morgan fingerprint density at radius 1 is 1.21 bits per heavy atom. The summed E-state index contributed by atoms with van der Waals surface area (Å²) in [5.41, 5.74) is 2.99. The summed E-state index contributed by atoms with van der Waals surface area (Å²) in [5.74, 6) is 0. The van der Waals surface area contributed by atoms with Crippen molar-refractivity contribution in [2.24, 2.45) is 0 Å². The van der Waals surface area contributed by atoms with Crippen LogP contribution in [-0.2, 0) is 12.8 Å². The maximum atomic E-state index is 11.9. The third-order valence-electron chi connectivity index (χ3n) is 3.13. The number of aryl methyl sites for hydroxylation is 1. The SMILES string of the molecule is CCCCNC(=O)Nc1c(CC)ccc(Cl)c1CC. The van der Waals surface area contributed by atoms with Crippen molar-refractivity contribution in [3.8, 4) is 0 Å². The van der Waals surface area contributed by atoms with Gasteiger partial charge in [-0.2, -0.15) is 0 Å². The number of halogens is 1. The van der Waals surface area contributed by atoms with E-state index in [0.29, 0.717) is 11.6 Å². The number of benzene rings is 1. The molecule has 3 nitrogen and oxygen atoms in total. The van der Waals surface area contributed by atoms with Gasteiger partial charge in [0.05, 0.1) is 5.69 Å². The first-order chi connectivity index (χ1) is 9.13. The van der Waals surface area contributed by atoms with Gasteiger partial charge >= 0.3 is 6.03 Å². The summed E-state index contributed by atoms with van der Waals surface area (Å²) in [5, 5.41) is 6.52. The Bertz CT molecular complexity index is 432. The minimum absolute atomic E-state index is 0.153. The van der Waals surface area contributed by atoms with E-state index in [1.54, 1.807) is 0 Å². The summed E-state index contributed by atoms with van der Waals surface area (Å²) in [6, 6.07) is 3.72. The van der Waals surface area contributed by atoms with Gasteiger partial charge in [0.1, 0.15) is 0 Å². The van der Waals surface area contributed by atoms with Gasteiger partial charge in [-0.15, -0.1) is 0 Å². The zero-order valence-electron chi connectivity index (χ0n) is 12.0. The standard InChI is InChI=1S/C15H23ClN2O/c1-4-7-10-17-15(19)18-14-11(5-2)8-9-13(16)12(14)6-3/h8-9H,4-7,10H2,1-3H3,(H2,17,18,19). The second-order valence-corrected chi connectivity index (χ2v) is 4.91. The Morgan fingerprint density at radius 2 is 1.95 bits per heavy atom. The van der Waals surface area contributed by atoms with Gasteiger partial charge in [-0.05, 0) is 36.5 Å². The molecule has 1 aromatic rings. The molecule has 19 heavy (non-hydrogen) atoms. The van der Waals surface area contributed by atoms with Crippen LogP contribution in [0.5, 0.6) is 0 Å². The Morgan fingerprint density at radius 3 is 2.53 bits per heavy atom. The third kappa shape index (κ3) is 4.43. The summed E-state index contributed by atoms with van der Waals surface area (Å²) in [7, 11) is 0. The smallest absolute Gasteiger partial charge is 0.319 e. The lowest BCUT2D eigenvalue weighted by molar-refractivity contribution is 0.252. The molecule has 0 aliphatic carbocycles. The molecule has 2 N–H and O–H groups in total. The van der Waals surface area contributed by atoms with Gasteiger partial charge in [0.15, 0.2) is 0 Å². The number of hydrogen-bond donors (Lipinski definition) is 2. The first-order valence-electron chi connectivity index (χ1n) is 6.99. The highest BCUT2D eigenvalue weighted by atomic mass is 35.5. The molecule has 4 heteroatoms. The van der Waals surface area contributed by atoms with E-state index in [2.05, 4.69) is 24.5 Å². The molecular formula is C15H23ClN2O. The minimum atomic E-state index is -0.153. The number of carbonyl (C=O) groups excluding carboxylic acids is 1. The number of amides is 2. The maximum Gasteiger partial charge on any atom is 0.319 e. The molecule has 106 valence electrons. The van der Waals surface area contributed by atoms with Crippen molar-refractivity contribution in [3.63, 3.8) is 0 Å². The van der Waals surface area contributed by atoms with Crippen LogP contribution in [-0.4, -0.2) is 12.6 Å². The lowest BCUT2D eigenvalue weighted by atomic mass is 10.0. The summed E-state index contributed by atoms with van der Waals surface area (Å²) in [6.07, 6.45) is 3.73. The van der Waals surface area contributed by atoms with Crippen LogP contribution in [0.3, 0.4) is 0 Å². The Labute approximate surface area is 120 Å². The van der Waals surface area contributed by atoms with Gasteiger partial charge in [0, 0.05) is 11.6 Å². The average Bonchev–Trinajstić information content (AvgIpc) is 2.39. The van der Waals surface area contributed by atoms with Crippen LogP contribution in [0.15, 0.2) is 12.1 Å². The van der Waals surface area contributed by atoms with Crippen LogP contribution in [0.1, 0.15) is 44.7 Å². The molecule has 0 unspecified atom stereocenters. The van der Waals surface area contributed by atoms with Crippen LogP contribution in [0.2, 0.25) is 5.02 Å². The minimum Gasteiger partial charge on any atom is -0.338 e. The zero-order chi connectivity index (χ0) is 14.3. The average molecular weight is 283 g/mol. The molecule has 0 heterocycles. The molecule has 1 aromatic carbocycles. The lowest BCUT2D eigenvalue weighted by Crippen LogP contribution is -2.30. The fourth-order valence-corrected chi connectivity index (χ4v) is 2.29. The van der Waals surface area contributed by atoms with Gasteiger partial charge in [0.25, 0.3) is 0 Å². The molecule has 0 bridgehead atoms. The van der Waals surface area contributed by atoms with E-state index >= 15 is 0 Å². The molecule has 0 aliphatic rings. The summed E-state index contributed by atoms with van der Waals surface area (Å²) < 4.78 is 0. The zero-order valence-corrected chi connectivity index (χ0v) is 12.7. The van der Waals surface area contributed by atoms with Crippen molar-refractivity contribution < 1.29 is 4.79 Å². The second-order valence-electron chi connectivity index (χ2n) is 4.50. The molecule has 0 saturated carbocycles. The Balaban J connectivity index is 2.86. The molecule has 2 amide bonds. The predicted octanol–water partition coefficient (Wildman–Crippen LogP) is 4.39. The fraction of sp³-hybridized carbons (Fsp3) is 0.533. The first kappa shape index (κ1) is 15.8. The van der Waals surface area contributed by atoms with Crippen LogP contribution in [0, 0.1) is 0 Å². The van der Waals surface area contributed by atoms with Gasteiger partial charge in [-0.25, -0.2) is 4.79 Å². The largest absolute Gasteiger partial charge is 0.338 e. The molecule has 0 atom stereocenters. The van der Waals surface area contributed by atoms with Crippen molar-refractivity contribution in [1.29, 1.82) is 0 Å². The normalized spacial score (nSPS) is 10.3. The van der Waals surface area contributed by atoms with Crippen molar-refractivity contribution in [2.75, 3.05) is 11.9 Å². The number of rotatable bonds is 6. The number of carbonyl (C=O) groups is 1. The third-order valence-corrected chi connectivity index (χ3v) is 3.49. The van der Waals surface area contributed by atoms with Crippen molar-refractivity contribution in [2.45, 2.75) is 46.5 Å². The van der Waals surface area contributed by atoms with Gasteiger partial charge in [-0.1, -0.05) is 44.9 Å². The quantitative estimate of drug-likeness (QED) is 0.747.